The molecule has 0 spiro atoms. The zero-order valence-corrected chi connectivity index (χ0v) is 10.1. The van der Waals surface area contributed by atoms with E-state index in [1.54, 1.807) is 12.1 Å². The maximum Gasteiger partial charge on any atom is 0.335 e. The summed E-state index contributed by atoms with van der Waals surface area (Å²) in [6.45, 7) is 3.97. The van der Waals surface area contributed by atoms with E-state index in [9.17, 15) is 4.79 Å². The predicted molar refractivity (Wildman–Crippen MR) is 60.0 cm³/mol. The van der Waals surface area contributed by atoms with Crippen LogP contribution >= 0.6 is 0 Å². The van der Waals surface area contributed by atoms with Crippen LogP contribution < -0.4 is 17.7 Å². The van der Waals surface area contributed by atoms with E-state index in [1.807, 2.05) is 12.1 Å². The second-order valence-electron chi connectivity index (χ2n) is 3.53. The second-order valence-corrected chi connectivity index (χ2v) is 3.53. The normalized spacial score (nSPS) is 9.56. The fraction of sp³-hybridized carbons (Fsp3) is 0.417. The van der Waals surface area contributed by atoms with Crippen molar-refractivity contribution >= 4 is 5.97 Å². The molecule has 0 fully saturated rings. The lowest BCUT2D eigenvalue weighted by molar-refractivity contribution is -0.0000188. The summed E-state index contributed by atoms with van der Waals surface area (Å²) in [5, 5.41) is 12.0. The Balaban J connectivity index is 0.00000225. The number of carboxylic acid groups (broad SMARTS) is 1. The summed E-state index contributed by atoms with van der Waals surface area (Å²) in [4.78, 5) is 10.6. The molecule has 1 aromatic carbocycles. The lowest BCUT2D eigenvalue weighted by Gasteiger charge is -2.04. The minimum absolute atomic E-state index is 0. The summed E-state index contributed by atoms with van der Waals surface area (Å²) in [6, 6.07) is 6.98. The van der Waals surface area contributed by atoms with E-state index in [0.717, 1.165) is 18.7 Å². The van der Waals surface area contributed by atoms with E-state index >= 15 is 0 Å². The van der Waals surface area contributed by atoms with Crippen molar-refractivity contribution in [2.24, 2.45) is 0 Å². The number of carboxylic acids is 1. The van der Waals surface area contributed by atoms with Crippen LogP contribution in [0.1, 0.15) is 35.7 Å². The first-order valence-electron chi connectivity index (χ1n) is 5.27. The van der Waals surface area contributed by atoms with Crippen molar-refractivity contribution in [1.29, 1.82) is 0 Å². The van der Waals surface area contributed by atoms with Crippen molar-refractivity contribution in [3.05, 3.63) is 35.4 Å². The average molecular weight is 243 g/mol. The number of aromatic carboxylic acids is 1. The van der Waals surface area contributed by atoms with Gasteiger partial charge in [-0.1, -0.05) is 25.5 Å². The molecule has 3 nitrogen and oxygen atoms in total. The van der Waals surface area contributed by atoms with Crippen molar-refractivity contribution < 1.29 is 22.3 Å². The van der Waals surface area contributed by atoms with Gasteiger partial charge in [-0.2, -0.15) is 0 Å². The minimum atomic E-state index is -0.875. The third kappa shape index (κ3) is 5.14. The van der Waals surface area contributed by atoms with Crippen LogP contribution in [0.15, 0.2) is 24.3 Å². The van der Waals surface area contributed by atoms with Crippen LogP contribution in [0.5, 0.6) is 0 Å². The number of hydrogen-bond donors (Lipinski definition) is 2. The van der Waals surface area contributed by atoms with Gasteiger partial charge in [-0.3, -0.25) is 0 Å². The van der Waals surface area contributed by atoms with Crippen LogP contribution in [-0.4, -0.2) is 17.6 Å². The van der Waals surface area contributed by atoms with Gasteiger partial charge in [0.1, 0.15) is 0 Å². The Morgan fingerprint density at radius 3 is 2.44 bits per heavy atom. The smallest absolute Gasteiger partial charge is 0.335 e. The molecule has 0 atom stereocenters. The third-order valence-electron chi connectivity index (χ3n) is 2.24. The van der Waals surface area contributed by atoms with Crippen molar-refractivity contribution in [3.63, 3.8) is 0 Å². The molecule has 16 heavy (non-hydrogen) atoms. The van der Waals surface area contributed by atoms with Crippen molar-refractivity contribution in [3.8, 4) is 0 Å². The molecule has 0 aromatic heterocycles. The van der Waals surface area contributed by atoms with Crippen molar-refractivity contribution in [2.75, 3.05) is 6.54 Å². The standard InChI is InChI=1S/C12H17NO2.ClH/c1-2-3-8-13-9-10-4-6-11(7-5-10)12(14)15;/h4-7,13H,2-3,8-9H2,1H3,(H,14,15);1H/p-1. The fourth-order valence-electron chi connectivity index (χ4n) is 1.30. The average Bonchev–Trinajstić information content (AvgIpc) is 2.25. The van der Waals surface area contributed by atoms with Crippen LogP contribution in [0.2, 0.25) is 0 Å². The highest BCUT2D eigenvalue weighted by Crippen LogP contribution is 2.04. The molecular formula is C12H17ClNO2-. The molecule has 0 unspecified atom stereocenters. The Hall–Kier alpha value is -1.06. The van der Waals surface area contributed by atoms with Gasteiger partial charge in [-0.15, -0.1) is 0 Å². The molecule has 90 valence electrons. The van der Waals surface area contributed by atoms with E-state index in [1.165, 1.54) is 12.8 Å². The van der Waals surface area contributed by atoms with Crippen molar-refractivity contribution in [2.45, 2.75) is 26.3 Å². The Morgan fingerprint density at radius 1 is 1.31 bits per heavy atom. The number of hydrogen-bond acceptors (Lipinski definition) is 2. The molecule has 0 bridgehead atoms. The van der Waals surface area contributed by atoms with Gasteiger partial charge in [0.25, 0.3) is 0 Å². The number of nitrogens with one attached hydrogen (secondary N) is 1. The van der Waals surface area contributed by atoms with Gasteiger partial charge in [-0.05, 0) is 30.7 Å². The Bertz CT molecular complexity index is 311. The van der Waals surface area contributed by atoms with Crippen LogP contribution in [-0.2, 0) is 6.54 Å². The molecule has 0 heterocycles. The number of unbranched alkanes of at least 4 members (excludes halogenated alkanes) is 1. The zero-order valence-electron chi connectivity index (χ0n) is 9.37. The van der Waals surface area contributed by atoms with E-state index in [4.69, 9.17) is 5.11 Å². The molecule has 0 aliphatic rings. The number of rotatable bonds is 6. The zero-order chi connectivity index (χ0) is 11.1. The van der Waals surface area contributed by atoms with Crippen LogP contribution in [0, 0.1) is 0 Å². The summed E-state index contributed by atoms with van der Waals surface area (Å²) in [6.07, 6.45) is 2.36. The first-order chi connectivity index (χ1) is 7.24. The number of halogens is 1. The van der Waals surface area contributed by atoms with E-state index in [-0.39, 0.29) is 12.4 Å². The summed E-state index contributed by atoms with van der Waals surface area (Å²) in [7, 11) is 0. The molecule has 1 aromatic rings. The SMILES string of the molecule is CCCCNCc1ccc(C(=O)O)cc1.[Cl-]. The first-order valence-corrected chi connectivity index (χ1v) is 5.27. The lowest BCUT2D eigenvalue weighted by atomic mass is 10.1. The molecule has 0 amide bonds. The molecular weight excluding hydrogens is 226 g/mol. The molecule has 0 saturated heterocycles. The fourth-order valence-corrected chi connectivity index (χ4v) is 1.30. The Kier molecular flexibility index (Phi) is 7.60. The summed E-state index contributed by atoms with van der Waals surface area (Å²) in [5.41, 5.74) is 1.46. The number of carbonyl (C=O) groups is 1. The highest BCUT2D eigenvalue weighted by molar-refractivity contribution is 5.87. The summed E-state index contributed by atoms with van der Waals surface area (Å²) >= 11 is 0. The van der Waals surface area contributed by atoms with Gasteiger partial charge >= 0.3 is 5.97 Å². The minimum Gasteiger partial charge on any atom is -1.00 e. The van der Waals surface area contributed by atoms with Gasteiger partial charge in [0, 0.05) is 6.54 Å². The summed E-state index contributed by atoms with van der Waals surface area (Å²) in [5.74, 6) is -0.875. The monoisotopic (exact) mass is 242 g/mol. The summed E-state index contributed by atoms with van der Waals surface area (Å²) < 4.78 is 0. The third-order valence-corrected chi connectivity index (χ3v) is 2.24. The topological polar surface area (TPSA) is 49.3 Å². The van der Waals surface area contributed by atoms with Gasteiger partial charge < -0.3 is 22.8 Å². The van der Waals surface area contributed by atoms with Gasteiger partial charge in [0.15, 0.2) is 0 Å². The predicted octanol–water partition coefficient (Wildman–Crippen LogP) is -0.721. The highest BCUT2D eigenvalue weighted by atomic mass is 35.5. The molecule has 0 aliphatic heterocycles. The lowest BCUT2D eigenvalue weighted by Crippen LogP contribution is -3.00. The Labute approximate surface area is 102 Å². The maximum absolute atomic E-state index is 10.6. The first kappa shape index (κ1) is 14.9. The largest absolute Gasteiger partial charge is 1.00 e. The van der Waals surface area contributed by atoms with Gasteiger partial charge in [0.2, 0.25) is 0 Å². The second kappa shape index (κ2) is 8.13. The van der Waals surface area contributed by atoms with Crippen LogP contribution in [0.3, 0.4) is 0 Å². The number of benzene rings is 1. The van der Waals surface area contributed by atoms with Gasteiger partial charge in [0.05, 0.1) is 5.56 Å². The highest BCUT2D eigenvalue weighted by Gasteiger charge is 2.00. The van der Waals surface area contributed by atoms with Crippen LogP contribution in [0.25, 0.3) is 0 Å². The van der Waals surface area contributed by atoms with E-state index < -0.39 is 5.97 Å². The Morgan fingerprint density at radius 2 is 1.94 bits per heavy atom. The molecule has 1 rings (SSSR count). The van der Waals surface area contributed by atoms with Crippen LogP contribution in [0.4, 0.5) is 0 Å². The molecule has 0 aliphatic carbocycles. The quantitative estimate of drug-likeness (QED) is 0.648. The van der Waals surface area contributed by atoms with E-state index in [0.29, 0.717) is 5.56 Å². The van der Waals surface area contributed by atoms with Gasteiger partial charge in [-0.25, -0.2) is 4.79 Å². The maximum atomic E-state index is 10.6. The van der Waals surface area contributed by atoms with E-state index in [2.05, 4.69) is 12.2 Å². The molecule has 0 saturated carbocycles. The molecule has 4 heteroatoms. The van der Waals surface area contributed by atoms with Crippen molar-refractivity contribution in [1.82, 2.24) is 5.32 Å². The molecule has 2 N–H and O–H groups in total. The molecule has 0 radical (unpaired) electrons.